The Kier molecular flexibility index (Phi) is 2.90. The molecule has 0 saturated carbocycles. The van der Waals surface area contributed by atoms with Crippen LogP contribution in [0.3, 0.4) is 0 Å². The molecular formula is C14H18N4OS. The lowest BCUT2D eigenvalue weighted by Crippen LogP contribution is -2.29. The predicted molar refractivity (Wildman–Crippen MR) is 80.4 cm³/mol. The van der Waals surface area contributed by atoms with E-state index < -0.39 is 0 Å². The zero-order valence-corrected chi connectivity index (χ0v) is 12.4. The predicted octanol–water partition coefficient (Wildman–Crippen LogP) is 0.980. The molecule has 0 radical (unpaired) electrons. The Morgan fingerprint density at radius 3 is 3.20 bits per heavy atom. The highest BCUT2D eigenvalue weighted by Crippen LogP contribution is 2.32. The Morgan fingerprint density at radius 1 is 1.50 bits per heavy atom. The molecule has 1 N–H and O–H groups in total. The average molecular weight is 290 g/mol. The summed E-state index contributed by atoms with van der Waals surface area (Å²) >= 11 is 1.69. The van der Waals surface area contributed by atoms with Crippen molar-refractivity contribution in [2.24, 2.45) is 0 Å². The van der Waals surface area contributed by atoms with E-state index in [1.165, 1.54) is 10.4 Å². The first-order chi connectivity index (χ1) is 9.74. The summed E-state index contributed by atoms with van der Waals surface area (Å²) in [6, 6.07) is 0.265. The van der Waals surface area contributed by atoms with Gasteiger partial charge in [0.25, 0.3) is 5.56 Å². The van der Waals surface area contributed by atoms with Crippen LogP contribution in [0.2, 0.25) is 0 Å². The van der Waals surface area contributed by atoms with Crippen molar-refractivity contribution in [1.29, 1.82) is 0 Å². The number of hydrogen-bond donors (Lipinski definition) is 1. The van der Waals surface area contributed by atoms with Gasteiger partial charge in [-0.05, 0) is 32.0 Å². The van der Waals surface area contributed by atoms with E-state index in [0.717, 1.165) is 49.2 Å². The van der Waals surface area contributed by atoms with Gasteiger partial charge in [0.05, 0.1) is 17.8 Å². The minimum absolute atomic E-state index is 0.158. The minimum Gasteiger partial charge on any atom is -0.315 e. The molecule has 106 valence electrons. The number of fused-ring (bicyclic) bond motifs is 3. The molecule has 4 heterocycles. The summed E-state index contributed by atoms with van der Waals surface area (Å²) in [6.07, 6.45) is 3.73. The molecule has 6 heteroatoms. The Hall–Kier alpha value is -1.24. The minimum atomic E-state index is 0.158. The van der Waals surface area contributed by atoms with Crippen molar-refractivity contribution in [2.75, 3.05) is 26.7 Å². The third-order valence-electron chi connectivity index (χ3n) is 4.40. The van der Waals surface area contributed by atoms with E-state index in [4.69, 9.17) is 0 Å². The Labute approximate surface area is 121 Å². The monoisotopic (exact) mass is 290 g/mol. The zero-order chi connectivity index (χ0) is 13.7. The maximum Gasteiger partial charge on any atom is 0.262 e. The zero-order valence-electron chi connectivity index (χ0n) is 11.6. The number of rotatable bonds is 1. The van der Waals surface area contributed by atoms with Gasteiger partial charge in [0.15, 0.2) is 0 Å². The lowest BCUT2D eigenvalue weighted by atomic mass is 10.1. The molecule has 2 aromatic rings. The standard InChI is InChI=1S/C14H18N4OS/c1-17-5-3-10-11(7-17)20-13-12(10)14(19)18(8-16-13)9-2-4-15-6-9/h8-9,15H,2-7H2,1H3. The third kappa shape index (κ3) is 1.82. The maximum atomic E-state index is 12.8. The highest BCUT2D eigenvalue weighted by molar-refractivity contribution is 7.18. The number of aromatic nitrogens is 2. The van der Waals surface area contributed by atoms with Gasteiger partial charge in [-0.25, -0.2) is 4.98 Å². The normalized spacial score (nSPS) is 23.4. The van der Waals surface area contributed by atoms with E-state index in [1.807, 2.05) is 4.57 Å². The molecule has 1 fully saturated rings. The first-order valence-corrected chi connectivity index (χ1v) is 7.96. The summed E-state index contributed by atoms with van der Waals surface area (Å²) in [4.78, 5) is 21.9. The molecule has 0 spiro atoms. The SMILES string of the molecule is CN1CCc2c(sc3ncn(C4CCNC4)c(=O)c23)C1. The quantitative estimate of drug-likeness (QED) is 0.850. The smallest absolute Gasteiger partial charge is 0.262 e. The van der Waals surface area contributed by atoms with Crippen molar-refractivity contribution in [3.63, 3.8) is 0 Å². The van der Waals surface area contributed by atoms with E-state index >= 15 is 0 Å². The topological polar surface area (TPSA) is 50.2 Å². The highest BCUT2D eigenvalue weighted by atomic mass is 32.1. The molecule has 0 bridgehead atoms. The second-order valence-electron chi connectivity index (χ2n) is 5.78. The van der Waals surface area contributed by atoms with Crippen molar-refractivity contribution in [3.05, 3.63) is 27.1 Å². The number of nitrogens with one attached hydrogen (secondary N) is 1. The molecule has 0 aliphatic carbocycles. The molecule has 1 atom stereocenters. The van der Waals surface area contributed by atoms with Crippen LogP contribution in [-0.2, 0) is 13.0 Å². The van der Waals surface area contributed by atoms with Crippen LogP contribution in [0, 0.1) is 0 Å². The Balaban J connectivity index is 1.90. The van der Waals surface area contributed by atoms with Crippen molar-refractivity contribution in [1.82, 2.24) is 19.8 Å². The third-order valence-corrected chi connectivity index (χ3v) is 5.53. The number of likely N-dealkylation sites (N-methyl/N-ethyl adjacent to an activating group) is 1. The van der Waals surface area contributed by atoms with Crippen molar-refractivity contribution >= 4 is 21.6 Å². The molecule has 20 heavy (non-hydrogen) atoms. The van der Waals surface area contributed by atoms with Gasteiger partial charge >= 0.3 is 0 Å². The lowest BCUT2D eigenvalue weighted by molar-refractivity contribution is 0.318. The number of nitrogens with zero attached hydrogens (tertiary/aromatic N) is 3. The second kappa shape index (κ2) is 4.65. The fourth-order valence-electron chi connectivity index (χ4n) is 3.26. The summed E-state index contributed by atoms with van der Waals surface area (Å²) in [5, 5.41) is 4.20. The van der Waals surface area contributed by atoms with E-state index in [2.05, 4.69) is 22.2 Å². The lowest BCUT2D eigenvalue weighted by Gasteiger charge is -2.21. The molecule has 1 unspecified atom stereocenters. The summed E-state index contributed by atoms with van der Waals surface area (Å²) in [5.41, 5.74) is 1.41. The van der Waals surface area contributed by atoms with Crippen LogP contribution in [0.25, 0.3) is 10.2 Å². The molecule has 1 saturated heterocycles. The van der Waals surface area contributed by atoms with E-state index in [-0.39, 0.29) is 11.6 Å². The number of thiophene rings is 1. The van der Waals surface area contributed by atoms with Gasteiger partial charge in [-0.3, -0.25) is 9.36 Å². The Morgan fingerprint density at radius 2 is 2.40 bits per heavy atom. The van der Waals surface area contributed by atoms with Crippen LogP contribution in [0.5, 0.6) is 0 Å². The van der Waals surface area contributed by atoms with Crippen molar-refractivity contribution < 1.29 is 0 Å². The molecule has 5 nitrogen and oxygen atoms in total. The molecule has 4 rings (SSSR count). The van der Waals surface area contributed by atoms with Gasteiger partial charge in [-0.1, -0.05) is 0 Å². The van der Waals surface area contributed by atoms with Crippen LogP contribution in [0.1, 0.15) is 22.9 Å². The highest BCUT2D eigenvalue weighted by Gasteiger charge is 2.24. The van der Waals surface area contributed by atoms with Crippen molar-refractivity contribution in [2.45, 2.75) is 25.4 Å². The van der Waals surface area contributed by atoms with Gasteiger partial charge in [0, 0.05) is 24.5 Å². The fraction of sp³-hybridized carbons (Fsp3) is 0.571. The van der Waals surface area contributed by atoms with Gasteiger partial charge in [-0.15, -0.1) is 11.3 Å². The summed E-state index contributed by atoms with van der Waals surface area (Å²) < 4.78 is 1.84. The summed E-state index contributed by atoms with van der Waals surface area (Å²) in [5.74, 6) is 0. The maximum absolute atomic E-state index is 12.8. The molecule has 2 aliphatic heterocycles. The molecule has 0 amide bonds. The summed E-state index contributed by atoms with van der Waals surface area (Å²) in [6.45, 7) is 3.84. The Bertz CT molecular complexity index is 714. The molecular weight excluding hydrogens is 272 g/mol. The fourth-order valence-corrected chi connectivity index (χ4v) is 4.52. The van der Waals surface area contributed by atoms with Crippen molar-refractivity contribution in [3.8, 4) is 0 Å². The number of hydrogen-bond acceptors (Lipinski definition) is 5. The van der Waals surface area contributed by atoms with Crippen LogP contribution in [0.4, 0.5) is 0 Å². The van der Waals surface area contributed by atoms with E-state index in [0.29, 0.717) is 0 Å². The first-order valence-electron chi connectivity index (χ1n) is 7.14. The second-order valence-corrected chi connectivity index (χ2v) is 6.86. The van der Waals surface area contributed by atoms with Crippen LogP contribution in [-0.4, -0.2) is 41.1 Å². The van der Waals surface area contributed by atoms with Gasteiger partial charge < -0.3 is 10.2 Å². The van der Waals surface area contributed by atoms with E-state index in [1.54, 1.807) is 17.7 Å². The van der Waals surface area contributed by atoms with Gasteiger partial charge in [0.1, 0.15) is 4.83 Å². The van der Waals surface area contributed by atoms with Crippen LogP contribution < -0.4 is 10.9 Å². The molecule has 0 aromatic carbocycles. The van der Waals surface area contributed by atoms with E-state index in [9.17, 15) is 4.79 Å². The average Bonchev–Trinajstić information content (AvgIpc) is 3.05. The summed E-state index contributed by atoms with van der Waals surface area (Å²) in [7, 11) is 2.13. The first kappa shape index (κ1) is 12.5. The molecule has 2 aromatic heterocycles. The molecule has 2 aliphatic rings. The van der Waals surface area contributed by atoms with Gasteiger partial charge in [-0.2, -0.15) is 0 Å². The van der Waals surface area contributed by atoms with Crippen LogP contribution in [0.15, 0.2) is 11.1 Å². The van der Waals surface area contributed by atoms with Crippen LogP contribution >= 0.6 is 11.3 Å². The van der Waals surface area contributed by atoms with Gasteiger partial charge in [0.2, 0.25) is 0 Å². The largest absolute Gasteiger partial charge is 0.315 e.